The van der Waals surface area contributed by atoms with Gasteiger partial charge in [-0.2, -0.15) is 0 Å². The molecular weight excluding hydrogens is 276 g/mol. The topological polar surface area (TPSA) is 64.8 Å². The normalized spacial score (nSPS) is 11.6. The van der Waals surface area contributed by atoms with E-state index in [4.69, 9.17) is 27.4 Å². The van der Waals surface area contributed by atoms with Crippen LogP contribution in [0.1, 0.15) is 17.3 Å². The lowest BCUT2D eigenvalue weighted by molar-refractivity contribution is 0.0783. The van der Waals surface area contributed by atoms with Crippen molar-refractivity contribution in [1.29, 1.82) is 0 Å². The molecule has 0 radical (unpaired) electrons. The number of hydrogen-bond donors (Lipinski definition) is 1. The van der Waals surface area contributed by atoms with Crippen LogP contribution in [-0.4, -0.2) is 43.6 Å². The number of ether oxygens (including phenoxy) is 2. The van der Waals surface area contributed by atoms with Crippen molar-refractivity contribution in [3.05, 3.63) is 23.8 Å². The van der Waals surface area contributed by atoms with Crippen LogP contribution in [0.15, 0.2) is 18.2 Å². The Balaban J connectivity index is 2.98. The van der Waals surface area contributed by atoms with E-state index in [1.807, 2.05) is 6.92 Å². The molecule has 110 valence electrons. The molecule has 20 heavy (non-hydrogen) atoms. The van der Waals surface area contributed by atoms with Gasteiger partial charge in [0.25, 0.3) is 5.91 Å². The van der Waals surface area contributed by atoms with Crippen molar-refractivity contribution in [3.8, 4) is 11.5 Å². The molecule has 0 aromatic heterocycles. The number of nitrogens with two attached hydrogens (primary N) is 1. The number of carbonyl (C=O) groups is 1. The molecule has 2 N–H and O–H groups in total. The van der Waals surface area contributed by atoms with Crippen molar-refractivity contribution < 1.29 is 14.3 Å². The van der Waals surface area contributed by atoms with E-state index in [0.717, 1.165) is 0 Å². The first-order chi connectivity index (χ1) is 9.40. The first-order valence-electron chi connectivity index (χ1n) is 6.17. The molecule has 1 rings (SSSR count). The number of benzene rings is 1. The third-order valence-electron chi connectivity index (χ3n) is 3.02. The molecular formula is C14H20N2O3S. The predicted molar refractivity (Wildman–Crippen MR) is 82.5 cm³/mol. The minimum atomic E-state index is -0.163. The van der Waals surface area contributed by atoms with Crippen molar-refractivity contribution in [1.82, 2.24) is 4.90 Å². The Kier molecular flexibility index (Phi) is 5.76. The molecule has 0 saturated heterocycles. The second kappa shape index (κ2) is 7.09. The van der Waals surface area contributed by atoms with E-state index in [1.54, 1.807) is 37.3 Å². The molecule has 1 amide bonds. The van der Waals surface area contributed by atoms with Crippen LogP contribution in [0.3, 0.4) is 0 Å². The smallest absolute Gasteiger partial charge is 0.257 e. The quantitative estimate of drug-likeness (QED) is 0.809. The molecule has 0 aliphatic heterocycles. The highest BCUT2D eigenvalue weighted by molar-refractivity contribution is 7.80. The lowest BCUT2D eigenvalue weighted by Crippen LogP contribution is -2.35. The van der Waals surface area contributed by atoms with Crippen LogP contribution in [0.4, 0.5) is 0 Å². The van der Waals surface area contributed by atoms with Crippen molar-refractivity contribution in [2.24, 2.45) is 11.7 Å². The lowest BCUT2D eigenvalue weighted by atomic mass is 10.1. The van der Waals surface area contributed by atoms with Crippen LogP contribution < -0.4 is 15.2 Å². The Morgan fingerprint density at radius 2 is 2.05 bits per heavy atom. The summed E-state index contributed by atoms with van der Waals surface area (Å²) in [6.07, 6.45) is 0. The van der Waals surface area contributed by atoms with Crippen molar-refractivity contribution >= 4 is 23.1 Å². The second-order valence-corrected chi connectivity index (χ2v) is 5.03. The SMILES string of the molecule is COc1ccc(OC)c(C(=O)N(C)CC(C)C(N)=S)c1. The summed E-state index contributed by atoms with van der Waals surface area (Å²) < 4.78 is 10.4. The van der Waals surface area contributed by atoms with Gasteiger partial charge in [0, 0.05) is 19.5 Å². The Hall–Kier alpha value is -1.82. The van der Waals surface area contributed by atoms with E-state index in [1.165, 1.54) is 7.11 Å². The van der Waals surface area contributed by atoms with Gasteiger partial charge in [0.2, 0.25) is 0 Å². The van der Waals surface area contributed by atoms with Gasteiger partial charge in [-0.05, 0) is 18.2 Å². The summed E-state index contributed by atoms with van der Waals surface area (Å²) in [5.41, 5.74) is 6.02. The largest absolute Gasteiger partial charge is 0.497 e. The highest BCUT2D eigenvalue weighted by atomic mass is 32.1. The van der Waals surface area contributed by atoms with Crippen LogP contribution in [0.25, 0.3) is 0 Å². The van der Waals surface area contributed by atoms with Gasteiger partial charge in [0.05, 0.1) is 24.8 Å². The van der Waals surface area contributed by atoms with E-state index >= 15 is 0 Å². The Bertz CT molecular complexity index is 505. The molecule has 0 aliphatic rings. The highest BCUT2D eigenvalue weighted by Gasteiger charge is 2.20. The van der Waals surface area contributed by atoms with Crippen LogP contribution in [0.2, 0.25) is 0 Å². The van der Waals surface area contributed by atoms with Gasteiger partial charge in [-0.15, -0.1) is 0 Å². The Labute approximate surface area is 124 Å². The fourth-order valence-electron chi connectivity index (χ4n) is 1.77. The molecule has 1 aromatic carbocycles. The first-order valence-corrected chi connectivity index (χ1v) is 6.58. The van der Waals surface area contributed by atoms with Gasteiger partial charge in [-0.3, -0.25) is 4.79 Å². The molecule has 1 atom stereocenters. The number of hydrogen-bond acceptors (Lipinski definition) is 4. The summed E-state index contributed by atoms with van der Waals surface area (Å²) in [6.45, 7) is 2.34. The monoisotopic (exact) mass is 296 g/mol. The molecule has 0 spiro atoms. The van der Waals surface area contributed by atoms with E-state index in [2.05, 4.69) is 0 Å². The second-order valence-electron chi connectivity index (χ2n) is 4.56. The molecule has 0 aliphatic carbocycles. The third kappa shape index (κ3) is 3.84. The van der Waals surface area contributed by atoms with Crippen molar-refractivity contribution in [2.75, 3.05) is 27.8 Å². The zero-order chi connectivity index (χ0) is 15.3. The fraction of sp³-hybridized carbons (Fsp3) is 0.429. The molecule has 1 aromatic rings. The maximum absolute atomic E-state index is 12.5. The van der Waals surface area contributed by atoms with Crippen LogP contribution in [-0.2, 0) is 0 Å². The average Bonchev–Trinajstić information content (AvgIpc) is 2.45. The van der Waals surface area contributed by atoms with E-state index in [0.29, 0.717) is 28.6 Å². The third-order valence-corrected chi connectivity index (χ3v) is 3.42. The molecule has 0 fully saturated rings. The van der Waals surface area contributed by atoms with Crippen molar-refractivity contribution in [2.45, 2.75) is 6.92 Å². The maximum Gasteiger partial charge on any atom is 0.257 e. The number of thiocarbonyl (C=S) groups is 1. The zero-order valence-electron chi connectivity index (χ0n) is 12.2. The summed E-state index contributed by atoms with van der Waals surface area (Å²) in [5.74, 6) is 0.898. The van der Waals surface area contributed by atoms with Gasteiger partial charge < -0.3 is 20.1 Å². The summed E-state index contributed by atoms with van der Waals surface area (Å²) in [7, 11) is 4.78. The number of amides is 1. The zero-order valence-corrected chi connectivity index (χ0v) is 13.0. The van der Waals surface area contributed by atoms with Gasteiger partial charge in [-0.25, -0.2) is 0 Å². The minimum absolute atomic E-state index is 0.0458. The first kappa shape index (κ1) is 16.2. The van der Waals surface area contributed by atoms with Crippen LogP contribution >= 0.6 is 12.2 Å². The summed E-state index contributed by atoms with van der Waals surface area (Å²) in [5, 5.41) is 0. The Morgan fingerprint density at radius 3 is 2.55 bits per heavy atom. The maximum atomic E-state index is 12.5. The summed E-state index contributed by atoms with van der Waals surface area (Å²) in [4.78, 5) is 14.4. The van der Waals surface area contributed by atoms with E-state index in [9.17, 15) is 4.79 Å². The fourth-order valence-corrected chi connectivity index (χ4v) is 1.85. The molecule has 0 bridgehead atoms. The van der Waals surface area contributed by atoms with E-state index in [-0.39, 0.29) is 11.8 Å². The molecule has 0 saturated carbocycles. The van der Waals surface area contributed by atoms with E-state index < -0.39 is 0 Å². The summed E-state index contributed by atoms with van der Waals surface area (Å²) >= 11 is 4.92. The standard InChI is InChI=1S/C14H20N2O3S/c1-9(13(15)20)8-16(2)14(17)11-7-10(18-3)5-6-12(11)19-4/h5-7,9H,8H2,1-4H3,(H2,15,20). The highest BCUT2D eigenvalue weighted by Crippen LogP contribution is 2.25. The minimum Gasteiger partial charge on any atom is -0.497 e. The van der Waals surface area contributed by atoms with Gasteiger partial charge >= 0.3 is 0 Å². The number of methoxy groups -OCH3 is 2. The van der Waals surface area contributed by atoms with Crippen molar-refractivity contribution in [3.63, 3.8) is 0 Å². The lowest BCUT2D eigenvalue weighted by Gasteiger charge is -2.22. The Morgan fingerprint density at radius 1 is 1.40 bits per heavy atom. The average molecular weight is 296 g/mol. The van der Waals surface area contributed by atoms with Gasteiger partial charge in [-0.1, -0.05) is 19.1 Å². The molecule has 6 heteroatoms. The van der Waals surface area contributed by atoms with Gasteiger partial charge in [0.1, 0.15) is 11.5 Å². The molecule has 0 heterocycles. The number of nitrogens with zero attached hydrogens (tertiary/aromatic N) is 1. The number of rotatable bonds is 6. The number of carbonyl (C=O) groups excluding carboxylic acids is 1. The predicted octanol–water partition coefficient (Wildman–Crippen LogP) is 1.70. The molecule has 5 nitrogen and oxygen atoms in total. The van der Waals surface area contributed by atoms with Crippen LogP contribution in [0.5, 0.6) is 11.5 Å². The molecule has 1 unspecified atom stereocenters. The van der Waals surface area contributed by atoms with Crippen LogP contribution in [0, 0.1) is 5.92 Å². The van der Waals surface area contributed by atoms with Gasteiger partial charge in [0.15, 0.2) is 0 Å². The summed E-state index contributed by atoms with van der Waals surface area (Å²) in [6, 6.07) is 5.10.